The monoisotopic (exact) mass is 281 g/mol. The Morgan fingerprint density at radius 1 is 1.55 bits per heavy atom. The molecular weight excluding hydrogens is 262 g/mol. The molecule has 0 aromatic heterocycles. The molecule has 1 amide bonds. The lowest BCUT2D eigenvalue weighted by molar-refractivity contribution is -0.129. The van der Waals surface area contributed by atoms with Crippen LogP contribution in [0.4, 0.5) is 0 Å². The molecule has 1 heterocycles. The van der Waals surface area contributed by atoms with Crippen LogP contribution in [0.2, 0.25) is 11.1 Å². The van der Waals surface area contributed by atoms with Gasteiger partial charge in [-0.05, 0) is 65.3 Å². The first-order valence-electron chi connectivity index (χ1n) is 8.29. The zero-order chi connectivity index (χ0) is 13.4. The van der Waals surface area contributed by atoms with E-state index in [9.17, 15) is 4.79 Å². The second kappa shape index (κ2) is 2.08. The molecule has 2 N–H and O–H groups in total. The summed E-state index contributed by atoms with van der Waals surface area (Å²) in [6, 6.07) is 1.42. The lowest BCUT2D eigenvalue weighted by Crippen LogP contribution is -2.49. The second-order valence-electron chi connectivity index (χ2n) is 8.70. The molecule has 1 aliphatic heterocycles. The number of rotatable bonds is 3. The highest BCUT2D eigenvalue weighted by Gasteiger charge is 3.31. The third-order valence-electron chi connectivity index (χ3n) is 9.39. The summed E-state index contributed by atoms with van der Waals surface area (Å²) in [5, 5.41) is 0.766. The van der Waals surface area contributed by atoms with Crippen LogP contribution in [0, 0.1) is 39.9 Å². The molecule has 2 nitrogen and oxygen atoms in total. The van der Waals surface area contributed by atoms with E-state index in [-0.39, 0.29) is 19.7 Å². The lowest BCUT2D eigenvalue weighted by Gasteiger charge is -2.47. The summed E-state index contributed by atoms with van der Waals surface area (Å²) in [6.45, 7) is 4.67. The van der Waals surface area contributed by atoms with E-state index >= 15 is 0 Å². The smallest absolute Gasteiger partial charge is 0.224 e. The number of primary amides is 1. The molecule has 0 radical (unpaired) electrons. The number of carbonyl (C=O) groups is 1. The van der Waals surface area contributed by atoms with Crippen LogP contribution in [0.3, 0.4) is 0 Å². The molecule has 8 unspecified atom stereocenters. The van der Waals surface area contributed by atoms with Crippen LogP contribution in [-0.4, -0.2) is 20.0 Å². The van der Waals surface area contributed by atoms with Crippen molar-refractivity contribution in [2.24, 2.45) is 45.7 Å². The van der Waals surface area contributed by atoms with Gasteiger partial charge in [0.05, 0.1) is 5.41 Å². The first-order valence-corrected chi connectivity index (χ1v) is 10.1. The van der Waals surface area contributed by atoms with E-state index in [2.05, 4.69) is 19.5 Å². The van der Waals surface area contributed by atoms with Gasteiger partial charge in [-0.25, -0.2) is 0 Å². The third-order valence-corrected chi connectivity index (χ3v) is 13.1. The molecule has 2 spiro atoms. The fraction of sp³-hybridized carbons (Fsp3) is 0.765. The maximum Gasteiger partial charge on any atom is 0.224 e. The molecule has 4 bridgehead atoms. The lowest BCUT2D eigenvalue weighted by atomic mass is 9.65. The van der Waals surface area contributed by atoms with Crippen molar-refractivity contribution in [3.8, 4) is 0 Å². The molecule has 0 saturated heterocycles. The van der Waals surface area contributed by atoms with Gasteiger partial charge in [0, 0.05) is 8.41 Å². The Bertz CT molecular complexity index is 761. The normalized spacial score (nSPS) is 70.6. The van der Waals surface area contributed by atoms with E-state index in [0.717, 1.165) is 28.7 Å². The first-order chi connectivity index (χ1) is 9.59. The van der Waals surface area contributed by atoms with E-state index in [1.165, 1.54) is 18.9 Å². The van der Waals surface area contributed by atoms with Gasteiger partial charge in [0.1, 0.15) is 0 Å². The fourth-order valence-corrected chi connectivity index (χ4v) is 14.6. The summed E-state index contributed by atoms with van der Waals surface area (Å²) in [7, 11) is -0.332. The quantitative estimate of drug-likeness (QED) is 0.787. The van der Waals surface area contributed by atoms with Gasteiger partial charge >= 0.3 is 0 Å². The maximum absolute atomic E-state index is 12.0. The van der Waals surface area contributed by atoms with Gasteiger partial charge in [-0.3, -0.25) is 4.79 Å². The van der Waals surface area contributed by atoms with E-state index in [1.807, 2.05) is 0 Å². The predicted octanol–water partition coefficient (Wildman–Crippen LogP) is 1.73. The van der Waals surface area contributed by atoms with Crippen LogP contribution in [0.15, 0.2) is 11.1 Å². The zero-order valence-electron chi connectivity index (χ0n) is 12.0. The van der Waals surface area contributed by atoms with Gasteiger partial charge in [0.15, 0.2) is 0 Å². The van der Waals surface area contributed by atoms with E-state index in [0.29, 0.717) is 10.8 Å². The number of nitrogens with two attached hydrogens (primary N) is 1. The highest BCUT2D eigenvalue weighted by atomic mass is 28.2. The summed E-state index contributed by atoms with van der Waals surface area (Å²) in [6.07, 6.45) is 2.62. The van der Waals surface area contributed by atoms with Crippen LogP contribution in [0.5, 0.6) is 0 Å². The minimum atomic E-state index is -0.332. The number of hydrogen-bond donors (Lipinski definition) is 1. The van der Waals surface area contributed by atoms with Gasteiger partial charge in [-0.1, -0.05) is 23.7 Å². The molecule has 8 atom stereocenters. The molecule has 8 aliphatic carbocycles. The van der Waals surface area contributed by atoms with Gasteiger partial charge in [-0.15, -0.1) is 0 Å². The third kappa shape index (κ3) is 0.448. The van der Waals surface area contributed by atoms with Gasteiger partial charge in [0.25, 0.3) is 0 Å². The molecule has 8 fully saturated rings. The minimum absolute atomic E-state index is 0.0567. The largest absolute Gasteiger partial charge is 0.369 e. The van der Waals surface area contributed by atoms with Crippen LogP contribution in [-0.2, 0) is 4.79 Å². The molecule has 8 saturated carbocycles. The molecule has 9 aliphatic rings. The number of hydrogen-bond acceptors (Lipinski definition) is 1. The Kier molecular flexibility index (Phi) is 1.05. The van der Waals surface area contributed by atoms with Gasteiger partial charge in [0.2, 0.25) is 5.91 Å². The SMILES string of the molecule is CCC1=C(C)C[Si](C23C4C5CC26C2C5(C(N)=O)C26C43)=C1. The van der Waals surface area contributed by atoms with E-state index < -0.39 is 0 Å². The second-order valence-corrected chi connectivity index (χ2v) is 11.2. The van der Waals surface area contributed by atoms with Crippen molar-refractivity contribution in [3.05, 3.63) is 11.1 Å². The summed E-state index contributed by atoms with van der Waals surface area (Å²) in [5.74, 6) is 3.48. The predicted molar refractivity (Wildman–Crippen MR) is 77.4 cm³/mol. The standard InChI is InChI=1S/C17H19NOSi/c1-3-8-6-20(5-7(8)2)17-10-9-4-14(17)12-15(9,13(18)19)16(12,14)11(10)17/h6,9-12H,3-5H2,1-2H3,(H2,18,19). The molecular formula is C17H19NOSi. The van der Waals surface area contributed by atoms with Crippen molar-refractivity contribution in [2.45, 2.75) is 37.8 Å². The summed E-state index contributed by atoms with van der Waals surface area (Å²) in [5.41, 5.74) is 13.1. The highest BCUT2D eigenvalue weighted by Crippen LogP contribution is 3.33. The molecule has 20 heavy (non-hydrogen) atoms. The van der Waals surface area contributed by atoms with Gasteiger partial charge in [-0.2, -0.15) is 0 Å². The summed E-state index contributed by atoms with van der Waals surface area (Å²) in [4.78, 5) is 12.0. The molecule has 102 valence electrons. The molecule has 9 rings (SSSR count). The van der Waals surface area contributed by atoms with Crippen LogP contribution in [0.25, 0.3) is 0 Å². The topological polar surface area (TPSA) is 43.1 Å². The van der Waals surface area contributed by atoms with Crippen molar-refractivity contribution in [2.75, 3.05) is 0 Å². The Hall–Kier alpha value is -0.703. The van der Waals surface area contributed by atoms with Gasteiger partial charge < -0.3 is 5.73 Å². The molecule has 0 aromatic rings. The van der Waals surface area contributed by atoms with E-state index in [1.54, 1.807) is 11.1 Å². The Morgan fingerprint density at radius 3 is 2.80 bits per heavy atom. The minimum Gasteiger partial charge on any atom is -0.369 e. The first kappa shape index (κ1) is 10.1. The van der Waals surface area contributed by atoms with Crippen molar-refractivity contribution < 1.29 is 4.79 Å². The Labute approximate surface area is 120 Å². The Balaban J connectivity index is 1.37. The summed E-state index contributed by atoms with van der Waals surface area (Å²) >= 11 is 0. The zero-order valence-corrected chi connectivity index (χ0v) is 13.0. The fourth-order valence-electron chi connectivity index (χ4n) is 9.74. The van der Waals surface area contributed by atoms with Crippen molar-refractivity contribution >= 4 is 20.0 Å². The van der Waals surface area contributed by atoms with E-state index in [4.69, 9.17) is 5.73 Å². The number of amides is 1. The average molecular weight is 281 g/mol. The number of allylic oxidation sites excluding steroid dienone is 2. The van der Waals surface area contributed by atoms with Crippen molar-refractivity contribution in [1.82, 2.24) is 0 Å². The van der Waals surface area contributed by atoms with Crippen molar-refractivity contribution in [3.63, 3.8) is 0 Å². The Morgan fingerprint density at radius 2 is 2.35 bits per heavy atom. The molecule has 3 heteroatoms. The average Bonchev–Trinajstić information content (AvgIpc) is 3.21. The molecule has 0 aromatic carbocycles. The summed E-state index contributed by atoms with van der Waals surface area (Å²) < 4.78 is 0. The van der Waals surface area contributed by atoms with Crippen LogP contribution < -0.4 is 5.73 Å². The van der Waals surface area contributed by atoms with Crippen molar-refractivity contribution in [1.29, 1.82) is 0 Å². The van der Waals surface area contributed by atoms with Crippen LogP contribution in [0.1, 0.15) is 26.7 Å². The highest BCUT2D eigenvalue weighted by molar-refractivity contribution is 6.75. The number of carbonyl (C=O) groups excluding carboxylic acids is 1. The van der Waals surface area contributed by atoms with Crippen LogP contribution >= 0.6 is 0 Å². The maximum atomic E-state index is 12.0.